The van der Waals surface area contributed by atoms with Gasteiger partial charge in [0.15, 0.2) is 0 Å². The lowest BCUT2D eigenvalue weighted by molar-refractivity contribution is 0.0916. The number of rotatable bonds is 4. The first kappa shape index (κ1) is 13.9. The van der Waals surface area contributed by atoms with Gasteiger partial charge < -0.3 is 10.4 Å². The van der Waals surface area contributed by atoms with Crippen LogP contribution in [0.2, 0.25) is 5.02 Å². The van der Waals surface area contributed by atoms with E-state index in [1.807, 2.05) is 20.8 Å². The Kier molecular flexibility index (Phi) is 4.90. The molecule has 1 amide bonds. The quantitative estimate of drug-likeness (QED) is 0.863. The van der Waals surface area contributed by atoms with E-state index in [0.29, 0.717) is 10.6 Å². The number of amides is 1. The minimum Gasteiger partial charge on any atom is -0.396 e. The van der Waals surface area contributed by atoms with Crippen molar-refractivity contribution in [3.05, 3.63) is 28.5 Å². The van der Waals surface area contributed by atoms with Crippen LogP contribution in [-0.2, 0) is 0 Å². The highest BCUT2D eigenvalue weighted by molar-refractivity contribution is 6.33. The smallest absolute Gasteiger partial charge is 0.254 e. The molecule has 0 aromatic carbocycles. The average Bonchev–Trinajstić information content (AvgIpc) is 2.27. The summed E-state index contributed by atoms with van der Waals surface area (Å²) in [7, 11) is 0. The fourth-order valence-corrected chi connectivity index (χ4v) is 1.57. The van der Waals surface area contributed by atoms with Gasteiger partial charge in [0.2, 0.25) is 0 Å². The van der Waals surface area contributed by atoms with Gasteiger partial charge in [0.1, 0.15) is 0 Å². The minimum atomic E-state index is -0.268. The number of nitrogens with one attached hydrogen (secondary N) is 1. The number of aliphatic hydroxyl groups is 1. The summed E-state index contributed by atoms with van der Waals surface area (Å²) < 4.78 is 0. The molecule has 0 fully saturated rings. The first-order valence-electron chi connectivity index (χ1n) is 5.49. The van der Waals surface area contributed by atoms with Crippen LogP contribution in [0.1, 0.15) is 29.9 Å². The normalized spacial score (nSPS) is 14.2. The Morgan fingerprint density at radius 1 is 1.59 bits per heavy atom. The fourth-order valence-electron chi connectivity index (χ4n) is 1.28. The number of hydrogen-bond acceptors (Lipinski definition) is 3. The van der Waals surface area contributed by atoms with Crippen molar-refractivity contribution in [1.82, 2.24) is 10.3 Å². The van der Waals surface area contributed by atoms with Crippen LogP contribution in [0.3, 0.4) is 0 Å². The summed E-state index contributed by atoms with van der Waals surface area (Å²) in [5.41, 5.74) is 1.12. The van der Waals surface area contributed by atoms with Crippen LogP contribution in [-0.4, -0.2) is 28.6 Å². The standard InChI is InChI=1S/C12H17ClN2O2/c1-7(6-16)9(3)15-12(17)10-5-14-8(2)4-11(10)13/h4-5,7,9,16H,6H2,1-3H3,(H,15,17). The molecule has 0 bridgehead atoms. The number of pyridine rings is 1. The number of halogens is 1. The molecule has 0 aliphatic heterocycles. The van der Waals surface area contributed by atoms with Gasteiger partial charge in [0.05, 0.1) is 10.6 Å². The SMILES string of the molecule is Cc1cc(Cl)c(C(=O)NC(C)C(C)CO)cn1. The lowest BCUT2D eigenvalue weighted by Gasteiger charge is -2.19. The molecule has 2 unspecified atom stereocenters. The Labute approximate surface area is 106 Å². The van der Waals surface area contributed by atoms with Crippen LogP contribution in [0, 0.1) is 12.8 Å². The number of nitrogens with zero attached hydrogens (tertiary/aromatic N) is 1. The molecule has 1 rings (SSSR count). The molecule has 17 heavy (non-hydrogen) atoms. The Morgan fingerprint density at radius 2 is 2.24 bits per heavy atom. The molecule has 1 aromatic rings. The highest BCUT2D eigenvalue weighted by Crippen LogP contribution is 2.16. The molecule has 0 saturated heterocycles. The van der Waals surface area contributed by atoms with E-state index in [2.05, 4.69) is 10.3 Å². The van der Waals surface area contributed by atoms with Gasteiger partial charge in [0, 0.05) is 24.5 Å². The van der Waals surface area contributed by atoms with E-state index < -0.39 is 0 Å². The number of carbonyl (C=O) groups is 1. The van der Waals surface area contributed by atoms with Crippen LogP contribution in [0.4, 0.5) is 0 Å². The number of aliphatic hydroxyl groups excluding tert-OH is 1. The van der Waals surface area contributed by atoms with Gasteiger partial charge >= 0.3 is 0 Å². The van der Waals surface area contributed by atoms with Crippen molar-refractivity contribution in [1.29, 1.82) is 0 Å². The van der Waals surface area contributed by atoms with Gasteiger partial charge in [-0.05, 0) is 25.8 Å². The molecular formula is C12H17ClN2O2. The predicted molar refractivity (Wildman–Crippen MR) is 67.2 cm³/mol. The van der Waals surface area contributed by atoms with Gasteiger partial charge in [0.25, 0.3) is 5.91 Å². The minimum absolute atomic E-state index is 0.00358. The summed E-state index contributed by atoms with van der Waals surface area (Å²) in [6.07, 6.45) is 1.46. The second-order valence-corrected chi connectivity index (χ2v) is 4.63. The lowest BCUT2D eigenvalue weighted by Crippen LogP contribution is -2.38. The third-order valence-corrected chi connectivity index (χ3v) is 3.05. The second kappa shape index (κ2) is 5.98. The largest absolute Gasteiger partial charge is 0.396 e. The van der Waals surface area contributed by atoms with E-state index in [1.54, 1.807) is 6.07 Å². The zero-order valence-electron chi connectivity index (χ0n) is 10.2. The van der Waals surface area contributed by atoms with Gasteiger partial charge in [-0.1, -0.05) is 18.5 Å². The zero-order chi connectivity index (χ0) is 13.0. The van der Waals surface area contributed by atoms with E-state index in [-0.39, 0.29) is 24.5 Å². The highest BCUT2D eigenvalue weighted by Gasteiger charge is 2.17. The molecule has 94 valence electrons. The Balaban J connectivity index is 2.76. The van der Waals surface area contributed by atoms with E-state index in [0.717, 1.165) is 5.69 Å². The Bertz CT molecular complexity index is 409. The van der Waals surface area contributed by atoms with Crippen LogP contribution < -0.4 is 5.32 Å². The lowest BCUT2D eigenvalue weighted by atomic mass is 10.0. The predicted octanol–water partition coefficient (Wildman–Crippen LogP) is 1.79. The van der Waals surface area contributed by atoms with Crippen molar-refractivity contribution in [2.45, 2.75) is 26.8 Å². The number of carbonyl (C=O) groups excluding carboxylic acids is 1. The van der Waals surface area contributed by atoms with E-state index in [9.17, 15) is 4.79 Å². The second-order valence-electron chi connectivity index (χ2n) is 4.23. The summed E-state index contributed by atoms with van der Waals surface area (Å²) in [6.45, 7) is 5.54. The van der Waals surface area contributed by atoms with Crippen molar-refractivity contribution >= 4 is 17.5 Å². The monoisotopic (exact) mass is 256 g/mol. The van der Waals surface area contributed by atoms with Crippen LogP contribution >= 0.6 is 11.6 Å². The molecule has 2 atom stereocenters. The molecule has 0 saturated carbocycles. The topological polar surface area (TPSA) is 62.2 Å². The summed E-state index contributed by atoms with van der Waals surface area (Å²) in [5, 5.41) is 12.2. The molecule has 0 radical (unpaired) electrons. The number of aryl methyl sites for hydroxylation is 1. The molecule has 1 aromatic heterocycles. The van der Waals surface area contributed by atoms with Crippen molar-refractivity contribution in [2.75, 3.05) is 6.61 Å². The first-order valence-corrected chi connectivity index (χ1v) is 5.87. The van der Waals surface area contributed by atoms with E-state index >= 15 is 0 Å². The maximum atomic E-state index is 11.9. The summed E-state index contributed by atoms with van der Waals surface area (Å²) >= 11 is 5.97. The van der Waals surface area contributed by atoms with Gasteiger partial charge in [-0.2, -0.15) is 0 Å². The molecule has 4 nitrogen and oxygen atoms in total. The maximum Gasteiger partial charge on any atom is 0.254 e. The Hall–Kier alpha value is -1.13. The molecule has 0 aliphatic carbocycles. The molecule has 5 heteroatoms. The molecule has 0 aliphatic rings. The van der Waals surface area contributed by atoms with Crippen LogP contribution in [0.5, 0.6) is 0 Å². The van der Waals surface area contributed by atoms with Crippen molar-refractivity contribution in [2.24, 2.45) is 5.92 Å². The van der Waals surface area contributed by atoms with Crippen molar-refractivity contribution < 1.29 is 9.90 Å². The Morgan fingerprint density at radius 3 is 2.76 bits per heavy atom. The third-order valence-electron chi connectivity index (χ3n) is 2.74. The van der Waals surface area contributed by atoms with E-state index in [1.165, 1.54) is 6.20 Å². The number of hydrogen-bond donors (Lipinski definition) is 2. The first-order chi connectivity index (χ1) is 7.95. The summed E-state index contributed by atoms with van der Waals surface area (Å²) in [4.78, 5) is 15.9. The van der Waals surface area contributed by atoms with E-state index in [4.69, 9.17) is 16.7 Å². The molecule has 2 N–H and O–H groups in total. The number of aromatic nitrogens is 1. The molecule has 0 spiro atoms. The van der Waals surface area contributed by atoms with Crippen LogP contribution in [0.15, 0.2) is 12.3 Å². The van der Waals surface area contributed by atoms with Gasteiger partial charge in [-0.15, -0.1) is 0 Å². The summed E-state index contributed by atoms with van der Waals surface area (Å²) in [5.74, 6) is -0.272. The van der Waals surface area contributed by atoms with Gasteiger partial charge in [-0.3, -0.25) is 9.78 Å². The maximum absolute atomic E-state index is 11.9. The van der Waals surface area contributed by atoms with Crippen molar-refractivity contribution in [3.8, 4) is 0 Å². The van der Waals surface area contributed by atoms with Gasteiger partial charge in [-0.25, -0.2) is 0 Å². The van der Waals surface area contributed by atoms with Crippen molar-refractivity contribution in [3.63, 3.8) is 0 Å². The summed E-state index contributed by atoms with van der Waals surface area (Å²) in [6, 6.07) is 1.53. The molecular weight excluding hydrogens is 240 g/mol. The third kappa shape index (κ3) is 3.68. The highest BCUT2D eigenvalue weighted by atomic mass is 35.5. The zero-order valence-corrected chi connectivity index (χ0v) is 11.0. The average molecular weight is 257 g/mol. The fraction of sp³-hybridized carbons (Fsp3) is 0.500. The molecule has 1 heterocycles. The van der Waals surface area contributed by atoms with Crippen LogP contribution in [0.25, 0.3) is 0 Å².